The molecule has 3 rings (SSSR count). The van der Waals surface area contributed by atoms with Crippen molar-refractivity contribution in [2.75, 3.05) is 19.8 Å². The predicted octanol–water partition coefficient (Wildman–Crippen LogP) is 1.88. The number of hydrogen-bond donors (Lipinski definition) is 2. The number of carbonyl (C=O) groups is 1. The molecule has 1 amide bonds. The summed E-state index contributed by atoms with van der Waals surface area (Å²) in [5.41, 5.74) is 3.36. The van der Waals surface area contributed by atoms with Crippen LogP contribution in [0.5, 0.6) is 0 Å². The molecule has 138 valence electrons. The van der Waals surface area contributed by atoms with E-state index in [1.54, 1.807) is 23.1 Å². The zero-order chi connectivity index (χ0) is 18.8. The lowest BCUT2D eigenvalue weighted by Crippen LogP contribution is -2.46. The molecule has 1 saturated heterocycles. The number of aryl methyl sites for hydroxylation is 2. The van der Waals surface area contributed by atoms with E-state index >= 15 is 0 Å². The Morgan fingerprint density at radius 2 is 2.08 bits per heavy atom. The van der Waals surface area contributed by atoms with Gasteiger partial charge in [-0.2, -0.15) is 0 Å². The number of rotatable bonds is 4. The molecule has 1 aliphatic rings. The summed E-state index contributed by atoms with van der Waals surface area (Å²) in [5.74, 6) is -0.177. The van der Waals surface area contributed by atoms with Crippen LogP contribution in [-0.4, -0.2) is 52.8 Å². The number of carbonyl (C=O) groups excluding carboxylic acids is 1. The molecule has 2 heterocycles. The first kappa shape index (κ1) is 18.4. The fourth-order valence-corrected chi connectivity index (χ4v) is 3.28. The Kier molecular flexibility index (Phi) is 5.25. The lowest BCUT2D eigenvalue weighted by Gasteiger charge is -2.29. The molecule has 6 nitrogen and oxygen atoms in total. The van der Waals surface area contributed by atoms with E-state index in [1.165, 1.54) is 0 Å². The molecule has 2 aromatic rings. The van der Waals surface area contributed by atoms with Crippen molar-refractivity contribution in [2.24, 2.45) is 0 Å². The molecule has 26 heavy (non-hydrogen) atoms. The molecule has 0 radical (unpaired) electrons. The fraction of sp³-hybridized carbons (Fsp3) is 0.400. The second kappa shape index (κ2) is 7.43. The van der Waals surface area contributed by atoms with Crippen molar-refractivity contribution in [3.8, 4) is 11.1 Å². The van der Waals surface area contributed by atoms with Gasteiger partial charge in [0.05, 0.1) is 25.4 Å². The minimum Gasteiger partial charge on any atom is -0.388 e. The minimum absolute atomic E-state index is 0.176. The summed E-state index contributed by atoms with van der Waals surface area (Å²) in [4.78, 5) is 29.8. The van der Waals surface area contributed by atoms with E-state index in [9.17, 15) is 14.7 Å². The van der Waals surface area contributed by atoms with Crippen molar-refractivity contribution in [3.63, 3.8) is 0 Å². The average Bonchev–Trinajstić information content (AvgIpc) is 3.04. The van der Waals surface area contributed by atoms with Crippen molar-refractivity contribution < 1.29 is 14.6 Å². The van der Waals surface area contributed by atoms with Gasteiger partial charge in [0, 0.05) is 23.4 Å². The van der Waals surface area contributed by atoms with Crippen molar-refractivity contribution in [1.82, 2.24) is 9.88 Å². The molecule has 6 heteroatoms. The van der Waals surface area contributed by atoms with Gasteiger partial charge in [0.1, 0.15) is 0 Å². The highest BCUT2D eigenvalue weighted by molar-refractivity contribution is 5.95. The third kappa shape index (κ3) is 3.43. The number of benzene rings is 1. The van der Waals surface area contributed by atoms with Crippen LogP contribution >= 0.6 is 0 Å². The van der Waals surface area contributed by atoms with Gasteiger partial charge < -0.3 is 19.7 Å². The lowest BCUT2D eigenvalue weighted by molar-refractivity contribution is 0.0520. The number of aliphatic hydroxyl groups is 1. The molecule has 0 spiro atoms. The molecule has 0 aliphatic carbocycles. The van der Waals surface area contributed by atoms with Crippen molar-refractivity contribution in [2.45, 2.75) is 32.9 Å². The van der Waals surface area contributed by atoms with E-state index in [4.69, 9.17) is 4.74 Å². The van der Waals surface area contributed by atoms with E-state index in [0.717, 1.165) is 11.3 Å². The Hall–Kier alpha value is -2.44. The number of hydrogen-bond acceptors (Lipinski definition) is 4. The molecule has 1 aromatic carbocycles. The van der Waals surface area contributed by atoms with Crippen LogP contribution in [0, 0.1) is 13.8 Å². The molecule has 1 aromatic heterocycles. The maximum absolute atomic E-state index is 13.0. The quantitative estimate of drug-likeness (QED) is 0.876. The summed E-state index contributed by atoms with van der Waals surface area (Å²) in [6, 6.07) is 8.54. The molecule has 0 unspecified atom stereocenters. The average molecular weight is 356 g/mol. The van der Waals surface area contributed by atoms with Gasteiger partial charge in [-0.25, -0.2) is 0 Å². The van der Waals surface area contributed by atoms with Gasteiger partial charge in [0.2, 0.25) is 0 Å². The predicted molar refractivity (Wildman–Crippen MR) is 99.3 cm³/mol. The number of pyridine rings is 1. The van der Waals surface area contributed by atoms with Crippen LogP contribution in [0.1, 0.15) is 28.5 Å². The Morgan fingerprint density at radius 3 is 2.73 bits per heavy atom. The van der Waals surface area contributed by atoms with E-state index in [-0.39, 0.29) is 24.1 Å². The summed E-state index contributed by atoms with van der Waals surface area (Å²) in [5, 5.41) is 10.0. The maximum Gasteiger partial charge on any atom is 0.256 e. The summed E-state index contributed by atoms with van der Waals surface area (Å²) >= 11 is 0. The summed E-state index contributed by atoms with van der Waals surface area (Å²) in [7, 11) is 0. The molecule has 2 atom stereocenters. The number of aromatic nitrogens is 1. The second-order valence-corrected chi connectivity index (χ2v) is 6.66. The number of ether oxygens (including phenoxy) is 1. The Morgan fingerprint density at radius 1 is 1.31 bits per heavy atom. The van der Waals surface area contributed by atoms with E-state index in [1.807, 2.05) is 32.9 Å². The number of nitrogens with one attached hydrogen (secondary N) is 1. The van der Waals surface area contributed by atoms with E-state index < -0.39 is 6.10 Å². The van der Waals surface area contributed by atoms with Crippen LogP contribution in [0.4, 0.5) is 0 Å². The van der Waals surface area contributed by atoms with Crippen molar-refractivity contribution in [1.29, 1.82) is 0 Å². The highest BCUT2D eigenvalue weighted by Crippen LogP contribution is 2.21. The summed E-state index contributed by atoms with van der Waals surface area (Å²) in [6.07, 6.45) is -0.676. The molecular formula is C20H24N2O4. The van der Waals surface area contributed by atoms with E-state index in [0.29, 0.717) is 29.8 Å². The van der Waals surface area contributed by atoms with Crippen LogP contribution in [-0.2, 0) is 4.74 Å². The number of amides is 1. The molecular weight excluding hydrogens is 332 g/mol. The second-order valence-electron chi connectivity index (χ2n) is 6.66. The first-order valence-electron chi connectivity index (χ1n) is 8.80. The number of aromatic amines is 1. The van der Waals surface area contributed by atoms with Crippen LogP contribution < -0.4 is 5.56 Å². The smallest absolute Gasteiger partial charge is 0.256 e. The highest BCUT2D eigenvalue weighted by Gasteiger charge is 2.34. The van der Waals surface area contributed by atoms with Gasteiger partial charge in [-0.15, -0.1) is 0 Å². The highest BCUT2D eigenvalue weighted by atomic mass is 16.5. The van der Waals surface area contributed by atoms with Gasteiger partial charge in [0.25, 0.3) is 11.5 Å². The Balaban J connectivity index is 1.95. The fourth-order valence-electron chi connectivity index (χ4n) is 3.28. The summed E-state index contributed by atoms with van der Waals surface area (Å²) < 4.78 is 5.28. The SMILES string of the molecule is CCN(C(=O)c1cccc(-c2cc(C)c(C)[nH]c2=O)c1)[C@H]1COC[C@@H]1O. The number of likely N-dealkylation sites (N-methyl/N-ethyl adjacent to an activating group) is 1. The first-order chi connectivity index (χ1) is 12.4. The molecule has 1 aliphatic heterocycles. The number of nitrogens with zero attached hydrogens (tertiary/aromatic N) is 1. The maximum atomic E-state index is 13.0. The Bertz CT molecular complexity index is 874. The standard InChI is InChI=1S/C20H24N2O4/c1-4-22(17-10-26-11-18(17)23)20(25)15-7-5-6-14(9-15)16-8-12(2)13(3)21-19(16)24/h5-9,17-18,23H,4,10-11H2,1-3H3,(H,21,24)/t17-,18-/m0/s1. The van der Waals surface area contributed by atoms with E-state index in [2.05, 4.69) is 4.98 Å². The minimum atomic E-state index is -0.676. The molecule has 0 bridgehead atoms. The monoisotopic (exact) mass is 356 g/mol. The molecule has 0 saturated carbocycles. The van der Waals surface area contributed by atoms with Gasteiger partial charge >= 0.3 is 0 Å². The number of H-pyrrole nitrogens is 1. The zero-order valence-corrected chi connectivity index (χ0v) is 15.3. The summed E-state index contributed by atoms with van der Waals surface area (Å²) in [6.45, 7) is 6.71. The van der Waals surface area contributed by atoms with Crippen LogP contribution in [0.2, 0.25) is 0 Å². The molecule has 2 N–H and O–H groups in total. The van der Waals surface area contributed by atoms with Crippen LogP contribution in [0.15, 0.2) is 35.1 Å². The third-order valence-electron chi connectivity index (χ3n) is 4.94. The van der Waals surface area contributed by atoms with Gasteiger partial charge in [-0.1, -0.05) is 12.1 Å². The lowest BCUT2D eigenvalue weighted by atomic mass is 10.0. The first-order valence-corrected chi connectivity index (χ1v) is 8.80. The zero-order valence-electron chi connectivity index (χ0n) is 15.3. The number of aliphatic hydroxyl groups excluding tert-OH is 1. The topological polar surface area (TPSA) is 82.6 Å². The third-order valence-corrected chi connectivity index (χ3v) is 4.94. The van der Waals surface area contributed by atoms with Gasteiger partial charge in [-0.3, -0.25) is 9.59 Å². The van der Waals surface area contributed by atoms with Crippen LogP contribution in [0.25, 0.3) is 11.1 Å². The van der Waals surface area contributed by atoms with Crippen molar-refractivity contribution in [3.05, 3.63) is 57.5 Å². The Labute approximate surface area is 152 Å². The van der Waals surface area contributed by atoms with Gasteiger partial charge in [-0.05, 0) is 50.1 Å². The van der Waals surface area contributed by atoms with Crippen molar-refractivity contribution >= 4 is 5.91 Å². The molecule has 1 fully saturated rings. The largest absolute Gasteiger partial charge is 0.388 e. The van der Waals surface area contributed by atoms with Crippen LogP contribution in [0.3, 0.4) is 0 Å². The van der Waals surface area contributed by atoms with Gasteiger partial charge in [0.15, 0.2) is 0 Å². The normalized spacial score (nSPS) is 19.5.